The average molecular weight is 285 g/mol. The third kappa shape index (κ3) is 4.21. The molecule has 0 radical (unpaired) electrons. The summed E-state index contributed by atoms with van der Waals surface area (Å²) in [5.41, 5.74) is 1.71. The standard InChI is InChI=1S/C15H19N5O/c1-15(2,3)20-11-13(18-19-20)10-17-12-5-4-6-14(9-12)21-8-7-16/h4-6,9,11,17H,8,10H2,1-3H3. The Morgan fingerprint density at radius 3 is 2.86 bits per heavy atom. The van der Waals surface area contributed by atoms with E-state index in [1.807, 2.05) is 41.2 Å². The molecule has 0 aliphatic carbocycles. The van der Waals surface area contributed by atoms with Crippen molar-refractivity contribution < 1.29 is 4.74 Å². The van der Waals surface area contributed by atoms with Crippen molar-refractivity contribution in [3.8, 4) is 11.8 Å². The molecule has 0 unspecified atom stereocenters. The highest BCUT2D eigenvalue weighted by molar-refractivity contribution is 5.48. The summed E-state index contributed by atoms with van der Waals surface area (Å²) in [5.74, 6) is 0.667. The van der Waals surface area contributed by atoms with Crippen molar-refractivity contribution in [3.63, 3.8) is 0 Å². The zero-order valence-electron chi connectivity index (χ0n) is 12.5. The van der Waals surface area contributed by atoms with Crippen molar-refractivity contribution in [1.82, 2.24) is 15.0 Å². The van der Waals surface area contributed by atoms with E-state index in [1.54, 1.807) is 0 Å². The number of nitrogens with zero attached hydrogens (tertiary/aromatic N) is 4. The van der Waals surface area contributed by atoms with E-state index >= 15 is 0 Å². The third-order valence-corrected chi connectivity index (χ3v) is 2.84. The summed E-state index contributed by atoms with van der Waals surface area (Å²) in [6.07, 6.45) is 1.93. The van der Waals surface area contributed by atoms with Gasteiger partial charge in [-0.1, -0.05) is 11.3 Å². The Morgan fingerprint density at radius 1 is 1.38 bits per heavy atom. The Balaban J connectivity index is 1.97. The lowest BCUT2D eigenvalue weighted by molar-refractivity contribution is 0.347. The molecular weight excluding hydrogens is 266 g/mol. The van der Waals surface area contributed by atoms with Crippen molar-refractivity contribution in [2.75, 3.05) is 11.9 Å². The molecule has 0 bridgehead atoms. The van der Waals surface area contributed by atoms with Crippen molar-refractivity contribution in [1.29, 1.82) is 5.26 Å². The van der Waals surface area contributed by atoms with E-state index in [0.717, 1.165) is 11.4 Å². The van der Waals surface area contributed by atoms with E-state index in [2.05, 4.69) is 36.4 Å². The minimum Gasteiger partial charge on any atom is -0.479 e. The van der Waals surface area contributed by atoms with Crippen LogP contribution in [0.3, 0.4) is 0 Å². The van der Waals surface area contributed by atoms with E-state index in [-0.39, 0.29) is 12.1 Å². The molecule has 0 aliphatic rings. The topological polar surface area (TPSA) is 75.8 Å². The van der Waals surface area contributed by atoms with Crippen molar-refractivity contribution in [2.24, 2.45) is 0 Å². The van der Waals surface area contributed by atoms with Crippen LogP contribution in [0, 0.1) is 11.3 Å². The fourth-order valence-corrected chi connectivity index (χ4v) is 1.71. The van der Waals surface area contributed by atoms with Gasteiger partial charge in [0.15, 0.2) is 6.61 Å². The number of nitrogens with one attached hydrogen (secondary N) is 1. The number of hydrogen-bond acceptors (Lipinski definition) is 5. The fraction of sp³-hybridized carbons (Fsp3) is 0.400. The zero-order valence-corrected chi connectivity index (χ0v) is 12.5. The number of rotatable bonds is 5. The van der Waals surface area contributed by atoms with Crippen LogP contribution in [-0.4, -0.2) is 21.6 Å². The van der Waals surface area contributed by atoms with Crippen LogP contribution in [0.25, 0.3) is 0 Å². The summed E-state index contributed by atoms with van der Waals surface area (Å²) in [5, 5.41) is 20.0. The van der Waals surface area contributed by atoms with Gasteiger partial charge in [-0.3, -0.25) is 0 Å². The van der Waals surface area contributed by atoms with Gasteiger partial charge >= 0.3 is 0 Å². The number of ether oxygens (including phenoxy) is 1. The van der Waals surface area contributed by atoms with E-state index in [9.17, 15) is 0 Å². The number of benzene rings is 1. The first-order valence-corrected chi connectivity index (χ1v) is 6.74. The van der Waals surface area contributed by atoms with E-state index in [4.69, 9.17) is 10.00 Å². The summed E-state index contributed by atoms with van der Waals surface area (Å²) in [4.78, 5) is 0. The van der Waals surface area contributed by atoms with Crippen LogP contribution < -0.4 is 10.1 Å². The second-order valence-corrected chi connectivity index (χ2v) is 5.65. The molecule has 0 spiro atoms. The van der Waals surface area contributed by atoms with Gasteiger partial charge in [-0.15, -0.1) is 5.10 Å². The SMILES string of the molecule is CC(C)(C)n1cc(CNc2cccc(OCC#N)c2)nn1. The molecule has 0 saturated carbocycles. The second-order valence-electron chi connectivity index (χ2n) is 5.65. The lowest BCUT2D eigenvalue weighted by Gasteiger charge is -2.17. The molecule has 0 amide bonds. The molecule has 0 aliphatic heterocycles. The molecule has 6 heteroatoms. The smallest absolute Gasteiger partial charge is 0.174 e. The van der Waals surface area contributed by atoms with Gasteiger partial charge in [0.1, 0.15) is 17.5 Å². The summed E-state index contributed by atoms with van der Waals surface area (Å²) in [7, 11) is 0. The third-order valence-electron chi connectivity index (χ3n) is 2.84. The number of aromatic nitrogens is 3. The van der Waals surface area contributed by atoms with Crippen molar-refractivity contribution in [2.45, 2.75) is 32.9 Å². The lowest BCUT2D eigenvalue weighted by Crippen LogP contribution is -2.22. The highest BCUT2D eigenvalue weighted by atomic mass is 16.5. The predicted octanol–water partition coefficient (Wildman–Crippen LogP) is 2.55. The van der Waals surface area contributed by atoms with Crippen LogP contribution in [-0.2, 0) is 12.1 Å². The van der Waals surface area contributed by atoms with Crippen molar-refractivity contribution >= 4 is 5.69 Å². The first-order chi connectivity index (χ1) is 9.99. The summed E-state index contributed by atoms with van der Waals surface area (Å²) < 4.78 is 7.11. The normalized spacial score (nSPS) is 11.0. The number of anilines is 1. The molecule has 0 fully saturated rings. The summed E-state index contributed by atoms with van der Waals surface area (Å²) >= 11 is 0. The average Bonchev–Trinajstić information content (AvgIpc) is 2.92. The van der Waals surface area contributed by atoms with Crippen LogP contribution in [0.1, 0.15) is 26.5 Å². The Kier molecular flexibility index (Phi) is 4.43. The van der Waals surface area contributed by atoms with Gasteiger partial charge < -0.3 is 10.1 Å². The zero-order chi connectivity index (χ0) is 15.3. The Morgan fingerprint density at radius 2 is 2.19 bits per heavy atom. The molecule has 6 nitrogen and oxygen atoms in total. The fourth-order valence-electron chi connectivity index (χ4n) is 1.71. The van der Waals surface area contributed by atoms with Crippen LogP contribution >= 0.6 is 0 Å². The van der Waals surface area contributed by atoms with Gasteiger partial charge in [0.2, 0.25) is 0 Å². The van der Waals surface area contributed by atoms with Gasteiger partial charge in [0, 0.05) is 11.8 Å². The van der Waals surface area contributed by atoms with Crippen LogP contribution in [0.4, 0.5) is 5.69 Å². The molecule has 2 rings (SSSR count). The van der Waals surface area contributed by atoms with Gasteiger partial charge in [-0.25, -0.2) is 4.68 Å². The first kappa shape index (κ1) is 14.9. The maximum absolute atomic E-state index is 8.51. The Bertz CT molecular complexity index is 636. The highest BCUT2D eigenvalue weighted by Gasteiger charge is 2.14. The molecule has 0 saturated heterocycles. The van der Waals surface area contributed by atoms with Crippen LogP contribution in [0.5, 0.6) is 5.75 Å². The quantitative estimate of drug-likeness (QED) is 0.913. The molecule has 1 heterocycles. The number of nitriles is 1. The molecule has 2 aromatic rings. The molecular formula is C15H19N5O. The molecule has 0 atom stereocenters. The monoisotopic (exact) mass is 285 g/mol. The Hall–Kier alpha value is -2.55. The highest BCUT2D eigenvalue weighted by Crippen LogP contribution is 2.18. The van der Waals surface area contributed by atoms with E-state index < -0.39 is 0 Å². The Labute approximate surface area is 124 Å². The maximum atomic E-state index is 8.51. The largest absolute Gasteiger partial charge is 0.479 e. The van der Waals surface area contributed by atoms with E-state index in [1.165, 1.54) is 0 Å². The molecule has 1 aromatic heterocycles. The molecule has 1 N–H and O–H groups in total. The summed E-state index contributed by atoms with van der Waals surface area (Å²) in [6.45, 7) is 6.86. The maximum Gasteiger partial charge on any atom is 0.174 e. The van der Waals surface area contributed by atoms with Gasteiger partial charge in [0.25, 0.3) is 0 Å². The van der Waals surface area contributed by atoms with Gasteiger partial charge in [0.05, 0.1) is 18.3 Å². The minimum atomic E-state index is -0.0731. The molecule has 21 heavy (non-hydrogen) atoms. The molecule has 1 aromatic carbocycles. The van der Waals surface area contributed by atoms with Crippen molar-refractivity contribution in [3.05, 3.63) is 36.2 Å². The second kappa shape index (κ2) is 6.27. The van der Waals surface area contributed by atoms with E-state index in [0.29, 0.717) is 12.3 Å². The summed E-state index contributed by atoms with van der Waals surface area (Å²) in [6, 6.07) is 9.43. The van der Waals surface area contributed by atoms with Gasteiger partial charge in [-0.2, -0.15) is 5.26 Å². The first-order valence-electron chi connectivity index (χ1n) is 6.74. The lowest BCUT2D eigenvalue weighted by atomic mass is 10.1. The van der Waals surface area contributed by atoms with Crippen LogP contribution in [0.15, 0.2) is 30.5 Å². The van der Waals surface area contributed by atoms with Gasteiger partial charge in [-0.05, 0) is 32.9 Å². The number of hydrogen-bond donors (Lipinski definition) is 1. The minimum absolute atomic E-state index is 0.0450. The molecule has 110 valence electrons. The predicted molar refractivity (Wildman–Crippen MR) is 79.9 cm³/mol. The van der Waals surface area contributed by atoms with Crippen LogP contribution in [0.2, 0.25) is 0 Å².